The summed E-state index contributed by atoms with van der Waals surface area (Å²) in [5, 5.41) is 0. The van der Waals surface area contributed by atoms with Gasteiger partial charge in [0, 0.05) is 19.5 Å². The summed E-state index contributed by atoms with van der Waals surface area (Å²) < 4.78 is 0. The van der Waals surface area contributed by atoms with Gasteiger partial charge in [-0.05, 0) is 0 Å². The molecule has 0 N–H and O–H groups in total. The Labute approximate surface area is 103 Å². The van der Waals surface area contributed by atoms with Crippen LogP contribution in [0.3, 0.4) is 0 Å². The third kappa shape index (κ3) is 6.14. The maximum Gasteiger partial charge on any atom is 0 e. The molecule has 3 heteroatoms. The van der Waals surface area contributed by atoms with Crippen molar-refractivity contribution in [2.45, 2.75) is 9.79 Å². The second-order valence-electron chi connectivity index (χ2n) is 2.29. The van der Waals surface area contributed by atoms with E-state index in [4.69, 9.17) is 0 Å². The van der Waals surface area contributed by atoms with Crippen LogP contribution >= 0.6 is 25.3 Å². The zero-order valence-electron chi connectivity index (χ0n) is 6.87. The molecule has 0 aliphatic carbocycles. The first-order chi connectivity index (χ1) is 5.79. The molecular weight excluding hydrogens is 285 g/mol. The van der Waals surface area contributed by atoms with Gasteiger partial charge in [0.2, 0.25) is 0 Å². The zero-order chi connectivity index (χ0) is 8.81. The van der Waals surface area contributed by atoms with Gasteiger partial charge in [-0.15, -0.1) is 4.90 Å². The molecule has 0 fully saturated rings. The van der Waals surface area contributed by atoms with Crippen LogP contribution in [0.1, 0.15) is 0 Å². The van der Waals surface area contributed by atoms with E-state index in [0.717, 1.165) is 9.79 Å². The molecule has 0 aliphatic heterocycles. The number of hydrogen-bond acceptors (Lipinski definition) is 2. The largest absolute Gasteiger partial charge is 0.747 e. The van der Waals surface area contributed by atoms with Gasteiger partial charge in [-0.25, -0.2) is 24.8 Å². The average molecular weight is 295 g/mol. The first kappa shape index (κ1) is 13.0. The monoisotopic (exact) mass is 296 g/mol. The van der Waals surface area contributed by atoms with Crippen molar-refractivity contribution < 1.29 is 19.5 Å². The van der Waals surface area contributed by atoms with Crippen molar-refractivity contribution in [1.29, 1.82) is 0 Å². The fourth-order valence-electron chi connectivity index (χ4n) is 0.728. The Morgan fingerprint density at radius 2 is 1.38 bits per heavy atom. The summed E-state index contributed by atoms with van der Waals surface area (Å²) in [6.45, 7) is 0. The number of rotatable bonds is 0. The molecule has 0 heterocycles. The summed E-state index contributed by atoms with van der Waals surface area (Å²) in [5.74, 6) is 0. The van der Waals surface area contributed by atoms with E-state index < -0.39 is 0 Å². The first-order valence-corrected chi connectivity index (χ1v) is 4.50. The van der Waals surface area contributed by atoms with Crippen molar-refractivity contribution >= 4 is 25.3 Å². The second-order valence-corrected chi connectivity index (χ2v) is 3.32. The number of thiol groups is 2. The summed E-state index contributed by atoms with van der Waals surface area (Å²) in [6, 6.07) is 15.6. The summed E-state index contributed by atoms with van der Waals surface area (Å²) in [4.78, 5) is 2.07. The van der Waals surface area contributed by atoms with E-state index in [0.29, 0.717) is 0 Å². The van der Waals surface area contributed by atoms with Crippen molar-refractivity contribution in [3.8, 4) is 0 Å². The Balaban J connectivity index is 0.000000206. The Kier molecular flexibility index (Phi) is 7.44. The molecule has 0 nitrogen and oxygen atoms in total. The van der Waals surface area contributed by atoms with Crippen LogP contribution in [0.4, 0.5) is 0 Å². The number of hydrogen-bond donors (Lipinski definition) is 2. The predicted molar refractivity (Wildman–Crippen MR) is 58.6 cm³/mol. The van der Waals surface area contributed by atoms with Gasteiger partial charge in [-0.3, -0.25) is 0 Å². The molecule has 2 rings (SSSR count). The van der Waals surface area contributed by atoms with Crippen LogP contribution in [-0.4, -0.2) is 0 Å². The molecule has 2 aromatic carbocycles. The van der Waals surface area contributed by atoms with Crippen LogP contribution in [0.25, 0.3) is 0 Å². The van der Waals surface area contributed by atoms with E-state index in [1.165, 1.54) is 0 Å². The minimum Gasteiger partial charge on any atom is -0.747 e. The first-order valence-electron chi connectivity index (χ1n) is 3.60. The van der Waals surface area contributed by atoms with Gasteiger partial charge in [-0.1, -0.05) is 0 Å². The fraction of sp³-hybridized carbons (Fsp3) is 0. The molecule has 13 heavy (non-hydrogen) atoms. The minimum atomic E-state index is 0. The zero-order valence-corrected chi connectivity index (χ0v) is 10.4. The molecule has 0 bridgehead atoms. The SMILES string of the molecule is S[c-]1[cH-][cH-][cH-][cH-]1.S[c-]1cccc1.[Ru]. The molecule has 0 saturated carbocycles. The van der Waals surface area contributed by atoms with Gasteiger partial charge in [-0.2, -0.15) is 12.1 Å². The third-order valence-corrected chi connectivity index (χ3v) is 1.89. The van der Waals surface area contributed by atoms with Crippen molar-refractivity contribution in [2.75, 3.05) is 0 Å². The summed E-state index contributed by atoms with van der Waals surface area (Å²) in [6.07, 6.45) is 0. The molecule has 0 atom stereocenters. The van der Waals surface area contributed by atoms with E-state index in [1.807, 2.05) is 48.5 Å². The van der Waals surface area contributed by atoms with E-state index in [9.17, 15) is 0 Å². The maximum atomic E-state index is 4.04. The molecule has 0 aromatic heterocycles. The van der Waals surface area contributed by atoms with Crippen LogP contribution < -0.4 is 0 Å². The summed E-state index contributed by atoms with van der Waals surface area (Å²) in [5.41, 5.74) is 0. The predicted octanol–water partition coefficient (Wildman–Crippen LogP) is 3.39. The molecule has 0 unspecified atom stereocenters. The van der Waals surface area contributed by atoms with E-state index in [2.05, 4.69) is 25.3 Å². The Bertz CT molecular complexity index is 252. The van der Waals surface area contributed by atoms with Gasteiger partial charge in [0.15, 0.2) is 0 Å². The summed E-state index contributed by atoms with van der Waals surface area (Å²) in [7, 11) is 0. The van der Waals surface area contributed by atoms with Crippen LogP contribution in [0.5, 0.6) is 0 Å². The molecule has 0 radical (unpaired) electrons. The standard InChI is InChI=1S/2C5H5S.Ru/c2*6-5-3-1-2-4-5;/h2*1-4,6H;/q-5;-1;. The molecule has 76 valence electrons. The molecule has 0 aliphatic rings. The Morgan fingerprint density at radius 3 is 1.54 bits per heavy atom. The summed E-state index contributed by atoms with van der Waals surface area (Å²) >= 11 is 8.07. The normalized spacial score (nSPS) is 8.15. The van der Waals surface area contributed by atoms with Gasteiger partial charge < -0.3 is 41.8 Å². The van der Waals surface area contributed by atoms with Crippen molar-refractivity contribution in [3.63, 3.8) is 0 Å². The van der Waals surface area contributed by atoms with Gasteiger partial charge in [0.1, 0.15) is 0 Å². The fourth-order valence-corrected chi connectivity index (χ4v) is 1.07. The maximum absolute atomic E-state index is 4.04. The average Bonchev–Trinajstić information content (AvgIpc) is 2.63. The molecule has 0 saturated heterocycles. The molecule has 0 spiro atoms. The van der Waals surface area contributed by atoms with Gasteiger partial charge in [0.05, 0.1) is 0 Å². The van der Waals surface area contributed by atoms with Crippen LogP contribution in [-0.2, 0) is 19.5 Å². The van der Waals surface area contributed by atoms with E-state index >= 15 is 0 Å². The van der Waals surface area contributed by atoms with E-state index in [-0.39, 0.29) is 19.5 Å². The topological polar surface area (TPSA) is 0 Å². The molecule has 2 aromatic rings. The van der Waals surface area contributed by atoms with E-state index in [1.54, 1.807) is 0 Å². The Morgan fingerprint density at radius 1 is 0.923 bits per heavy atom. The van der Waals surface area contributed by atoms with Crippen LogP contribution in [0, 0.1) is 0 Å². The molecular formula is C10H10RuS2-6. The quantitative estimate of drug-likeness (QED) is 0.415. The van der Waals surface area contributed by atoms with Crippen molar-refractivity contribution in [3.05, 3.63) is 48.5 Å². The minimum absolute atomic E-state index is 0. The molecule has 0 amide bonds. The third-order valence-electron chi connectivity index (χ3n) is 1.29. The Hall–Kier alpha value is 0.0234. The van der Waals surface area contributed by atoms with Crippen molar-refractivity contribution in [1.82, 2.24) is 0 Å². The van der Waals surface area contributed by atoms with Gasteiger partial charge in [0.25, 0.3) is 0 Å². The smallest absolute Gasteiger partial charge is 0 e. The van der Waals surface area contributed by atoms with Crippen LogP contribution in [0.15, 0.2) is 58.3 Å². The van der Waals surface area contributed by atoms with Crippen LogP contribution in [0.2, 0.25) is 0 Å². The second kappa shape index (κ2) is 7.43. The van der Waals surface area contributed by atoms with Crippen molar-refractivity contribution in [2.24, 2.45) is 0 Å². The van der Waals surface area contributed by atoms with Gasteiger partial charge >= 0.3 is 0 Å².